The van der Waals surface area contributed by atoms with E-state index in [4.69, 9.17) is 0 Å². The molecule has 0 spiro atoms. The highest BCUT2D eigenvalue weighted by atomic mass is 16.3. The second-order valence-electron chi connectivity index (χ2n) is 2.21. The Labute approximate surface area is 56.7 Å². The maximum absolute atomic E-state index is 9.26. The topological polar surface area (TPSA) is 20.2 Å². The van der Waals surface area contributed by atoms with E-state index in [1.54, 1.807) is 12.2 Å². The van der Waals surface area contributed by atoms with Gasteiger partial charge in [-0.3, -0.25) is 0 Å². The van der Waals surface area contributed by atoms with Crippen molar-refractivity contribution in [2.75, 3.05) is 0 Å². The third-order valence-electron chi connectivity index (χ3n) is 1.05. The van der Waals surface area contributed by atoms with Crippen molar-refractivity contribution < 1.29 is 5.11 Å². The molecule has 0 aliphatic heterocycles. The number of hydrogen-bond donors (Lipinski definition) is 1. The summed E-state index contributed by atoms with van der Waals surface area (Å²) in [6.07, 6.45) is 4.32. The fraction of sp³-hybridized carbons (Fsp3) is 0.375. The molecule has 0 aromatic rings. The lowest BCUT2D eigenvalue weighted by molar-refractivity contribution is 0.0947. The van der Waals surface area contributed by atoms with E-state index in [1.165, 1.54) is 0 Å². The van der Waals surface area contributed by atoms with Crippen LogP contribution >= 0.6 is 0 Å². The molecule has 0 aromatic carbocycles. The van der Waals surface area contributed by atoms with E-state index in [9.17, 15) is 5.11 Å². The van der Waals surface area contributed by atoms with Gasteiger partial charge in [-0.05, 0) is 19.8 Å². The van der Waals surface area contributed by atoms with Crippen LogP contribution in [0.2, 0.25) is 0 Å². The summed E-state index contributed by atoms with van der Waals surface area (Å²) in [5, 5.41) is 9.26. The summed E-state index contributed by atoms with van der Waals surface area (Å²) in [7, 11) is 0. The average molecular weight is 125 g/mol. The van der Waals surface area contributed by atoms with Crippen molar-refractivity contribution in [3.63, 3.8) is 0 Å². The van der Waals surface area contributed by atoms with E-state index in [2.05, 4.69) is 20.1 Å². The Morgan fingerprint density at radius 2 is 1.56 bits per heavy atom. The Morgan fingerprint density at radius 1 is 1.22 bits per heavy atom. The Bertz CT molecular complexity index is 91.1. The number of aliphatic hydroxyl groups is 1. The molecule has 0 amide bonds. The highest BCUT2D eigenvalue weighted by Gasteiger charge is 2.14. The summed E-state index contributed by atoms with van der Waals surface area (Å²) < 4.78 is 0. The molecule has 0 heterocycles. The fourth-order valence-corrected chi connectivity index (χ4v) is 0.621. The Morgan fingerprint density at radius 3 is 1.78 bits per heavy atom. The van der Waals surface area contributed by atoms with Gasteiger partial charge in [-0.15, -0.1) is 13.2 Å². The maximum Gasteiger partial charge on any atom is 0.0717 e. The molecule has 1 nitrogen and oxygen atoms in total. The summed E-state index contributed by atoms with van der Waals surface area (Å²) in [6, 6.07) is 0. The summed E-state index contributed by atoms with van der Waals surface area (Å²) >= 11 is 0. The van der Waals surface area contributed by atoms with Crippen molar-refractivity contribution in [2.45, 2.75) is 18.4 Å². The second-order valence-corrected chi connectivity index (χ2v) is 2.21. The molecule has 1 radical (unpaired) electrons. The van der Waals surface area contributed by atoms with Crippen LogP contribution in [-0.2, 0) is 0 Å². The molecule has 0 saturated heterocycles. The number of hydrogen-bond acceptors (Lipinski definition) is 1. The Kier molecular flexibility index (Phi) is 3.25. The predicted octanol–water partition coefficient (Wildman–Crippen LogP) is 1.70. The molecular weight excluding hydrogens is 112 g/mol. The van der Waals surface area contributed by atoms with Crippen molar-refractivity contribution in [3.8, 4) is 0 Å². The molecule has 0 aliphatic rings. The molecule has 1 N–H and O–H groups in total. The molecule has 0 saturated carbocycles. The van der Waals surface area contributed by atoms with Crippen molar-refractivity contribution in [2.24, 2.45) is 0 Å². The van der Waals surface area contributed by atoms with Gasteiger partial charge < -0.3 is 5.11 Å². The van der Waals surface area contributed by atoms with Crippen LogP contribution in [0, 0.1) is 6.92 Å². The summed E-state index contributed by atoms with van der Waals surface area (Å²) in [4.78, 5) is 0. The van der Waals surface area contributed by atoms with Crippen LogP contribution in [0.4, 0.5) is 0 Å². The lowest BCUT2D eigenvalue weighted by Gasteiger charge is -2.18. The van der Waals surface area contributed by atoms with Gasteiger partial charge in [0.05, 0.1) is 5.60 Å². The molecular formula is C8H13O. The minimum Gasteiger partial charge on any atom is -0.389 e. The molecule has 0 aliphatic carbocycles. The minimum absolute atomic E-state index is 0.513. The first-order valence-electron chi connectivity index (χ1n) is 2.92. The van der Waals surface area contributed by atoms with Crippen molar-refractivity contribution in [1.29, 1.82) is 0 Å². The fourth-order valence-electron chi connectivity index (χ4n) is 0.621. The van der Waals surface area contributed by atoms with Gasteiger partial charge in [0.25, 0.3) is 0 Å². The van der Waals surface area contributed by atoms with Crippen LogP contribution in [0.15, 0.2) is 25.3 Å². The Balaban J connectivity index is 3.68. The summed E-state index contributed by atoms with van der Waals surface area (Å²) in [6.45, 7) is 10.6. The van der Waals surface area contributed by atoms with Gasteiger partial charge in [-0.2, -0.15) is 0 Å². The van der Waals surface area contributed by atoms with E-state index < -0.39 is 5.60 Å². The first kappa shape index (κ1) is 8.44. The van der Waals surface area contributed by atoms with Gasteiger partial charge in [0.1, 0.15) is 0 Å². The van der Waals surface area contributed by atoms with Crippen LogP contribution in [0.5, 0.6) is 0 Å². The van der Waals surface area contributed by atoms with E-state index in [1.807, 2.05) is 0 Å². The normalized spacial score (nSPS) is 10.9. The van der Waals surface area contributed by atoms with E-state index in [-0.39, 0.29) is 0 Å². The predicted molar refractivity (Wildman–Crippen MR) is 39.9 cm³/mol. The van der Waals surface area contributed by atoms with Crippen molar-refractivity contribution >= 4 is 0 Å². The van der Waals surface area contributed by atoms with Crippen molar-refractivity contribution in [3.05, 3.63) is 32.2 Å². The zero-order chi connectivity index (χ0) is 7.33. The first-order chi connectivity index (χ1) is 4.12. The lowest BCUT2D eigenvalue weighted by Crippen LogP contribution is -2.21. The molecule has 0 rings (SSSR count). The molecule has 51 valence electrons. The molecule has 9 heavy (non-hydrogen) atoms. The maximum atomic E-state index is 9.26. The van der Waals surface area contributed by atoms with Gasteiger partial charge in [-0.1, -0.05) is 12.2 Å². The van der Waals surface area contributed by atoms with Gasteiger partial charge in [-0.25, -0.2) is 0 Å². The molecule has 0 atom stereocenters. The molecule has 0 fully saturated rings. The van der Waals surface area contributed by atoms with E-state index >= 15 is 0 Å². The Hall–Kier alpha value is -0.560. The standard InChI is InChI=1S/C8H13O/c1-4-6-8(3,9)7-5-2/h4-5,9H,1-3,6-7H2. The van der Waals surface area contributed by atoms with E-state index in [0.29, 0.717) is 12.8 Å². The monoisotopic (exact) mass is 125 g/mol. The van der Waals surface area contributed by atoms with Crippen LogP contribution < -0.4 is 0 Å². The van der Waals surface area contributed by atoms with E-state index in [0.717, 1.165) is 0 Å². The summed E-state index contributed by atoms with van der Waals surface area (Å²) in [5.74, 6) is 0. The zero-order valence-electron chi connectivity index (χ0n) is 5.64. The van der Waals surface area contributed by atoms with Crippen LogP contribution in [0.25, 0.3) is 0 Å². The third-order valence-corrected chi connectivity index (χ3v) is 1.05. The third kappa shape index (κ3) is 3.98. The molecule has 0 bridgehead atoms. The highest BCUT2D eigenvalue weighted by Crippen LogP contribution is 2.13. The second kappa shape index (κ2) is 3.46. The number of rotatable bonds is 4. The lowest BCUT2D eigenvalue weighted by atomic mass is 9.99. The molecule has 1 heteroatoms. The molecule has 0 aromatic heterocycles. The highest BCUT2D eigenvalue weighted by molar-refractivity contribution is 4.93. The zero-order valence-corrected chi connectivity index (χ0v) is 5.64. The minimum atomic E-state index is -0.885. The van der Waals surface area contributed by atoms with Gasteiger partial charge in [0.2, 0.25) is 0 Å². The van der Waals surface area contributed by atoms with Gasteiger partial charge in [0, 0.05) is 0 Å². The van der Waals surface area contributed by atoms with Crippen LogP contribution in [0.3, 0.4) is 0 Å². The van der Waals surface area contributed by atoms with Gasteiger partial charge >= 0.3 is 0 Å². The largest absolute Gasteiger partial charge is 0.389 e. The van der Waals surface area contributed by atoms with Crippen LogP contribution in [-0.4, -0.2) is 10.7 Å². The average Bonchev–Trinajstić information content (AvgIpc) is 1.64. The summed E-state index contributed by atoms with van der Waals surface area (Å²) in [5.41, 5.74) is -0.885. The SMILES string of the molecule is [CH2]C(O)(CC=C)CC=C. The van der Waals surface area contributed by atoms with Crippen molar-refractivity contribution in [1.82, 2.24) is 0 Å². The van der Waals surface area contributed by atoms with Gasteiger partial charge in [0.15, 0.2) is 0 Å². The first-order valence-corrected chi connectivity index (χ1v) is 2.92. The molecule has 0 unspecified atom stereocenters. The quantitative estimate of drug-likeness (QED) is 0.567. The van der Waals surface area contributed by atoms with Crippen LogP contribution in [0.1, 0.15) is 12.8 Å². The smallest absolute Gasteiger partial charge is 0.0717 e.